The SMILES string of the molecule is Cc1ccc(C[NH+](CCO)Cc2ccc(C)o2)o1. The van der Waals surface area contributed by atoms with Gasteiger partial charge in [0, 0.05) is 0 Å². The molecule has 0 fully saturated rings. The van der Waals surface area contributed by atoms with Crippen LogP contribution in [0.4, 0.5) is 0 Å². The molecule has 0 unspecified atom stereocenters. The first-order chi connectivity index (χ1) is 8.67. The van der Waals surface area contributed by atoms with Crippen molar-refractivity contribution in [1.82, 2.24) is 0 Å². The average molecular weight is 250 g/mol. The molecule has 0 aliphatic rings. The van der Waals surface area contributed by atoms with E-state index in [0.29, 0.717) is 6.54 Å². The Morgan fingerprint density at radius 3 is 1.78 bits per heavy atom. The third-order valence-electron chi connectivity index (χ3n) is 2.91. The third kappa shape index (κ3) is 3.48. The maximum atomic E-state index is 9.12. The second kappa shape index (κ2) is 5.89. The van der Waals surface area contributed by atoms with Gasteiger partial charge < -0.3 is 18.8 Å². The molecule has 18 heavy (non-hydrogen) atoms. The number of quaternary nitrogens is 1. The molecule has 4 heteroatoms. The van der Waals surface area contributed by atoms with Crippen molar-refractivity contribution in [2.45, 2.75) is 26.9 Å². The number of hydrogen-bond acceptors (Lipinski definition) is 3. The monoisotopic (exact) mass is 250 g/mol. The molecule has 0 saturated carbocycles. The summed E-state index contributed by atoms with van der Waals surface area (Å²) in [7, 11) is 0. The predicted molar refractivity (Wildman–Crippen MR) is 67.2 cm³/mol. The van der Waals surface area contributed by atoms with Gasteiger partial charge in [-0.1, -0.05) is 0 Å². The molecule has 0 saturated heterocycles. The minimum atomic E-state index is 0.161. The lowest BCUT2D eigenvalue weighted by Crippen LogP contribution is -3.09. The normalized spacial score (nSPS) is 11.3. The Bertz CT molecular complexity index is 444. The molecule has 0 aliphatic carbocycles. The second-order valence-corrected chi connectivity index (χ2v) is 4.60. The minimum Gasteiger partial charge on any atom is -0.460 e. The molecule has 0 aromatic carbocycles. The summed E-state index contributed by atoms with van der Waals surface area (Å²) in [6, 6.07) is 7.89. The molecule has 2 heterocycles. The zero-order valence-electron chi connectivity index (χ0n) is 10.9. The summed E-state index contributed by atoms with van der Waals surface area (Å²) in [5.74, 6) is 3.72. The lowest BCUT2D eigenvalue weighted by molar-refractivity contribution is -0.929. The maximum Gasteiger partial charge on any atom is 0.158 e. The van der Waals surface area contributed by atoms with Crippen molar-refractivity contribution in [3.63, 3.8) is 0 Å². The Morgan fingerprint density at radius 2 is 1.44 bits per heavy atom. The maximum absolute atomic E-state index is 9.12. The molecule has 2 N–H and O–H groups in total. The van der Waals surface area contributed by atoms with Crippen molar-refractivity contribution in [2.75, 3.05) is 13.2 Å². The number of aryl methyl sites for hydroxylation is 2. The van der Waals surface area contributed by atoms with E-state index in [-0.39, 0.29) is 6.61 Å². The predicted octanol–water partition coefficient (Wildman–Crippen LogP) is 1.07. The molecule has 0 bridgehead atoms. The van der Waals surface area contributed by atoms with Crippen molar-refractivity contribution in [1.29, 1.82) is 0 Å². The Hall–Kier alpha value is -1.52. The van der Waals surface area contributed by atoms with Gasteiger partial charge in [0.05, 0.1) is 6.61 Å². The van der Waals surface area contributed by atoms with Gasteiger partial charge in [0.1, 0.15) is 31.2 Å². The summed E-state index contributed by atoms with van der Waals surface area (Å²) < 4.78 is 11.1. The first-order valence-corrected chi connectivity index (χ1v) is 6.22. The van der Waals surface area contributed by atoms with Gasteiger partial charge in [0.25, 0.3) is 0 Å². The summed E-state index contributed by atoms with van der Waals surface area (Å²) in [5, 5.41) is 9.12. The molecule has 0 amide bonds. The molecule has 2 aromatic rings. The average Bonchev–Trinajstić information content (AvgIpc) is 2.89. The summed E-state index contributed by atoms with van der Waals surface area (Å²) in [5.41, 5.74) is 0. The van der Waals surface area contributed by atoms with Crippen LogP contribution in [0.1, 0.15) is 23.0 Å². The first kappa shape index (κ1) is 12.9. The highest BCUT2D eigenvalue weighted by Gasteiger charge is 2.14. The van der Waals surface area contributed by atoms with Crippen LogP contribution in [0.25, 0.3) is 0 Å². The van der Waals surface area contributed by atoms with Crippen molar-refractivity contribution in [2.24, 2.45) is 0 Å². The summed E-state index contributed by atoms with van der Waals surface area (Å²) in [4.78, 5) is 1.22. The number of aliphatic hydroxyl groups is 1. The van der Waals surface area contributed by atoms with E-state index in [9.17, 15) is 0 Å². The molecular weight excluding hydrogens is 230 g/mol. The quantitative estimate of drug-likeness (QED) is 0.806. The Balaban J connectivity index is 1.99. The third-order valence-corrected chi connectivity index (χ3v) is 2.91. The molecule has 2 rings (SSSR count). The van der Waals surface area contributed by atoms with E-state index in [1.165, 1.54) is 4.90 Å². The Kier molecular flexibility index (Phi) is 4.23. The number of aliphatic hydroxyl groups excluding tert-OH is 1. The fourth-order valence-corrected chi connectivity index (χ4v) is 2.05. The number of nitrogens with one attached hydrogen (secondary N) is 1. The second-order valence-electron chi connectivity index (χ2n) is 4.60. The molecule has 0 spiro atoms. The van der Waals surface area contributed by atoms with Gasteiger partial charge in [-0.2, -0.15) is 0 Å². The van der Waals surface area contributed by atoms with E-state index in [1.807, 2.05) is 38.1 Å². The van der Waals surface area contributed by atoms with Gasteiger partial charge in [-0.05, 0) is 38.1 Å². The van der Waals surface area contributed by atoms with Crippen molar-refractivity contribution in [3.8, 4) is 0 Å². The summed E-state index contributed by atoms with van der Waals surface area (Å²) in [6.45, 7) is 6.23. The van der Waals surface area contributed by atoms with E-state index in [1.54, 1.807) is 0 Å². The van der Waals surface area contributed by atoms with Crippen LogP contribution in [0.3, 0.4) is 0 Å². The lowest BCUT2D eigenvalue weighted by atomic mass is 10.3. The molecular formula is C14H20NO3+. The first-order valence-electron chi connectivity index (χ1n) is 6.22. The highest BCUT2D eigenvalue weighted by Crippen LogP contribution is 2.06. The standard InChI is InChI=1S/C14H19NO3/c1-11-3-5-13(17-11)9-15(7-8-16)10-14-6-4-12(2)18-14/h3-6,16H,7-10H2,1-2H3/p+1. The van der Waals surface area contributed by atoms with Gasteiger partial charge in [-0.25, -0.2) is 0 Å². The van der Waals surface area contributed by atoms with Crippen LogP contribution >= 0.6 is 0 Å². The fourth-order valence-electron chi connectivity index (χ4n) is 2.05. The van der Waals surface area contributed by atoms with Crippen LogP contribution in [-0.2, 0) is 13.1 Å². The topological polar surface area (TPSA) is 51.0 Å². The molecule has 0 aliphatic heterocycles. The van der Waals surface area contributed by atoms with Crippen molar-refractivity contribution >= 4 is 0 Å². The van der Waals surface area contributed by atoms with Crippen LogP contribution < -0.4 is 4.90 Å². The van der Waals surface area contributed by atoms with Crippen LogP contribution in [-0.4, -0.2) is 18.3 Å². The smallest absolute Gasteiger partial charge is 0.158 e. The van der Waals surface area contributed by atoms with Gasteiger partial charge >= 0.3 is 0 Å². The van der Waals surface area contributed by atoms with Crippen molar-refractivity contribution < 1.29 is 18.8 Å². The Labute approximate surface area is 107 Å². The van der Waals surface area contributed by atoms with E-state index >= 15 is 0 Å². The fraction of sp³-hybridized carbons (Fsp3) is 0.429. The van der Waals surface area contributed by atoms with Crippen LogP contribution in [0, 0.1) is 13.8 Å². The highest BCUT2D eigenvalue weighted by molar-refractivity contribution is 5.05. The summed E-state index contributed by atoms with van der Waals surface area (Å²) >= 11 is 0. The Morgan fingerprint density at radius 1 is 0.944 bits per heavy atom. The minimum absolute atomic E-state index is 0.161. The summed E-state index contributed by atoms with van der Waals surface area (Å²) in [6.07, 6.45) is 0. The van der Waals surface area contributed by atoms with E-state index in [0.717, 1.165) is 36.1 Å². The molecule has 0 atom stereocenters. The van der Waals surface area contributed by atoms with Gasteiger partial charge in [0.2, 0.25) is 0 Å². The van der Waals surface area contributed by atoms with E-state index in [4.69, 9.17) is 13.9 Å². The highest BCUT2D eigenvalue weighted by atomic mass is 16.3. The van der Waals surface area contributed by atoms with Gasteiger partial charge in [-0.15, -0.1) is 0 Å². The number of furan rings is 2. The number of hydrogen-bond donors (Lipinski definition) is 2. The zero-order chi connectivity index (χ0) is 13.0. The molecule has 4 nitrogen and oxygen atoms in total. The number of rotatable bonds is 6. The van der Waals surface area contributed by atoms with E-state index < -0.39 is 0 Å². The van der Waals surface area contributed by atoms with Gasteiger partial charge in [-0.3, -0.25) is 0 Å². The lowest BCUT2D eigenvalue weighted by Gasteiger charge is -2.15. The molecule has 2 aromatic heterocycles. The zero-order valence-corrected chi connectivity index (χ0v) is 10.9. The van der Waals surface area contributed by atoms with E-state index in [2.05, 4.69) is 0 Å². The molecule has 0 radical (unpaired) electrons. The van der Waals surface area contributed by atoms with Crippen LogP contribution in [0.2, 0.25) is 0 Å². The largest absolute Gasteiger partial charge is 0.460 e. The molecule has 98 valence electrons. The van der Waals surface area contributed by atoms with Crippen LogP contribution in [0.15, 0.2) is 33.1 Å². The van der Waals surface area contributed by atoms with Crippen molar-refractivity contribution in [3.05, 3.63) is 47.3 Å². The van der Waals surface area contributed by atoms with Gasteiger partial charge in [0.15, 0.2) is 11.5 Å². The van der Waals surface area contributed by atoms with Crippen LogP contribution in [0.5, 0.6) is 0 Å².